The van der Waals surface area contributed by atoms with Crippen molar-refractivity contribution in [3.63, 3.8) is 0 Å². The van der Waals surface area contributed by atoms with Crippen molar-refractivity contribution in [1.82, 2.24) is 10.2 Å². The fourth-order valence-electron chi connectivity index (χ4n) is 2.99. The number of amides is 2. The molecule has 1 atom stereocenters. The summed E-state index contributed by atoms with van der Waals surface area (Å²) in [4.78, 5) is 27.1. The van der Waals surface area contributed by atoms with Crippen molar-refractivity contribution < 1.29 is 9.59 Å². The SMILES string of the molecule is CCC(C(=O)NC)N(Cc1ccc(Cl)cc1Cl)C(=O)Cc1ccccc1C. The van der Waals surface area contributed by atoms with Gasteiger partial charge in [0.05, 0.1) is 6.42 Å². The van der Waals surface area contributed by atoms with E-state index in [1.165, 1.54) is 0 Å². The second-order valence-electron chi connectivity index (χ2n) is 6.40. The van der Waals surface area contributed by atoms with Gasteiger partial charge in [0.15, 0.2) is 0 Å². The van der Waals surface area contributed by atoms with Gasteiger partial charge in [0, 0.05) is 23.6 Å². The molecule has 0 aliphatic heterocycles. The third-order valence-corrected chi connectivity index (χ3v) is 5.18. The predicted octanol–water partition coefficient (Wildman–Crippen LogP) is 4.40. The van der Waals surface area contributed by atoms with Crippen molar-refractivity contribution in [2.75, 3.05) is 7.05 Å². The van der Waals surface area contributed by atoms with Crippen molar-refractivity contribution >= 4 is 35.0 Å². The first-order chi connectivity index (χ1) is 12.9. The van der Waals surface area contributed by atoms with Crippen molar-refractivity contribution in [2.24, 2.45) is 0 Å². The average Bonchev–Trinajstić information content (AvgIpc) is 2.64. The van der Waals surface area contributed by atoms with Crippen LogP contribution in [0.4, 0.5) is 0 Å². The molecule has 4 nitrogen and oxygen atoms in total. The molecule has 0 radical (unpaired) electrons. The van der Waals surface area contributed by atoms with E-state index in [0.717, 1.165) is 16.7 Å². The topological polar surface area (TPSA) is 49.4 Å². The number of nitrogens with one attached hydrogen (secondary N) is 1. The summed E-state index contributed by atoms with van der Waals surface area (Å²) in [5.41, 5.74) is 2.74. The van der Waals surface area contributed by atoms with Gasteiger partial charge in [0.2, 0.25) is 11.8 Å². The number of likely N-dealkylation sites (N-methyl/N-ethyl adjacent to an activating group) is 1. The van der Waals surface area contributed by atoms with E-state index in [1.807, 2.05) is 38.1 Å². The second kappa shape index (κ2) is 9.77. The van der Waals surface area contributed by atoms with Gasteiger partial charge in [-0.15, -0.1) is 0 Å². The van der Waals surface area contributed by atoms with Gasteiger partial charge in [-0.1, -0.05) is 60.5 Å². The number of hydrogen-bond acceptors (Lipinski definition) is 2. The maximum absolute atomic E-state index is 13.1. The largest absolute Gasteiger partial charge is 0.357 e. The van der Waals surface area contributed by atoms with Gasteiger partial charge in [0.25, 0.3) is 0 Å². The summed E-state index contributed by atoms with van der Waals surface area (Å²) < 4.78 is 0. The maximum Gasteiger partial charge on any atom is 0.242 e. The number of halogens is 2. The van der Waals surface area contributed by atoms with Crippen LogP contribution < -0.4 is 5.32 Å². The second-order valence-corrected chi connectivity index (χ2v) is 7.24. The third kappa shape index (κ3) is 5.47. The zero-order valence-corrected chi connectivity index (χ0v) is 17.3. The zero-order valence-electron chi connectivity index (χ0n) is 15.8. The minimum absolute atomic E-state index is 0.120. The van der Waals surface area contributed by atoms with Gasteiger partial charge in [-0.3, -0.25) is 9.59 Å². The molecular formula is C21H24Cl2N2O2. The van der Waals surface area contributed by atoms with Gasteiger partial charge in [-0.25, -0.2) is 0 Å². The lowest BCUT2D eigenvalue weighted by Crippen LogP contribution is -2.48. The summed E-state index contributed by atoms with van der Waals surface area (Å²) in [6, 6.07) is 12.3. The monoisotopic (exact) mass is 406 g/mol. The van der Waals surface area contributed by atoms with Crippen LogP contribution in [0.1, 0.15) is 30.0 Å². The van der Waals surface area contributed by atoms with Crippen molar-refractivity contribution in [3.05, 3.63) is 69.2 Å². The maximum atomic E-state index is 13.1. The van der Waals surface area contributed by atoms with Crippen LogP contribution in [0.15, 0.2) is 42.5 Å². The summed E-state index contributed by atoms with van der Waals surface area (Å²) in [7, 11) is 1.57. The molecule has 0 fully saturated rings. The van der Waals surface area contributed by atoms with Crippen LogP contribution in [-0.4, -0.2) is 29.8 Å². The number of aryl methyl sites for hydroxylation is 1. The summed E-state index contributed by atoms with van der Waals surface area (Å²) >= 11 is 12.3. The minimum Gasteiger partial charge on any atom is -0.357 e. The van der Waals surface area contributed by atoms with E-state index >= 15 is 0 Å². The molecule has 2 amide bonds. The highest BCUT2D eigenvalue weighted by Gasteiger charge is 2.28. The van der Waals surface area contributed by atoms with Crippen LogP contribution in [0, 0.1) is 6.92 Å². The standard InChI is InChI=1S/C21H24Cl2N2O2/c1-4-19(21(27)24-3)25(13-16-9-10-17(22)12-18(16)23)20(26)11-15-8-6-5-7-14(15)2/h5-10,12,19H,4,11,13H2,1-3H3,(H,24,27). The highest BCUT2D eigenvalue weighted by atomic mass is 35.5. The van der Waals surface area contributed by atoms with Gasteiger partial charge < -0.3 is 10.2 Å². The van der Waals surface area contributed by atoms with Crippen LogP contribution in [0.2, 0.25) is 10.0 Å². The fourth-order valence-corrected chi connectivity index (χ4v) is 3.46. The quantitative estimate of drug-likeness (QED) is 0.740. The number of carbonyl (C=O) groups excluding carboxylic acids is 2. The molecule has 0 saturated heterocycles. The third-order valence-electron chi connectivity index (χ3n) is 4.59. The Kier molecular flexibility index (Phi) is 7.69. The van der Waals surface area contributed by atoms with E-state index in [0.29, 0.717) is 16.5 Å². The molecule has 0 aliphatic carbocycles. The predicted molar refractivity (Wildman–Crippen MR) is 110 cm³/mol. The molecule has 144 valence electrons. The van der Waals surface area contributed by atoms with Crippen LogP contribution in [0.3, 0.4) is 0 Å². The normalized spacial score (nSPS) is 11.7. The molecule has 0 bridgehead atoms. The lowest BCUT2D eigenvalue weighted by atomic mass is 10.0. The van der Waals surface area contributed by atoms with Crippen LogP contribution in [0.5, 0.6) is 0 Å². The molecular weight excluding hydrogens is 383 g/mol. The lowest BCUT2D eigenvalue weighted by Gasteiger charge is -2.30. The van der Waals surface area contributed by atoms with E-state index in [1.54, 1.807) is 30.1 Å². The number of hydrogen-bond donors (Lipinski definition) is 1. The Bertz CT molecular complexity index is 824. The van der Waals surface area contributed by atoms with Gasteiger partial charge in [-0.05, 0) is 42.2 Å². The number of benzene rings is 2. The van der Waals surface area contributed by atoms with E-state index in [2.05, 4.69) is 5.32 Å². The first kappa shape index (κ1) is 21.3. The van der Waals surface area contributed by atoms with E-state index in [-0.39, 0.29) is 24.8 Å². The highest BCUT2D eigenvalue weighted by molar-refractivity contribution is 6.35. The van der Waals surface area contributed by atoms with Crippen molar-refractivity contribution in [1.29, 1.82) is 0 Å². The first-order valence-electron chi connectivity index (χ1n) is 8.86. The van der Waals surface area contributed by atoms with Gasteiger partial charge in [0.1, 0.15) is 6.04 Å². The number of rotatable bonds is 7. The first-order valence-corrected chi connectivity index (χ1v) is 9.62. The molecule has 0 spiro atoms. The van der Waals surface area contributed by atoms with Crippen LogP contribution >= 0.6 is 23.2 Å². The van der Waals surface area contributed by atoms with E-state index in [9.17, 15) is 9.59 Å². The number of carbonyl (C=O) groups is 2. The number of nitrogens with zero attached hydrogens (tertiary/aromatic N) is 1. The molecule has 0 aliphatic rings. The Labute approximate surface area is 170 Å². The summed E-state index contributed by atoms with van der Waals surface area (Å²) in [6.45, 7) is 4.10. The van der Waals surface area contributed by atoms with Crippen LogP contribution in [-0.2, 0) is 22.6 Å². The molecule has 0 aromatic heterocycles. The Hall–Kier alpha value is -2.04. The average molecular weight is 407 g/mol. The molecule has 1 N–H and O–H groups in total. The van der Waals surface area contributed by atoms with Gasteiger partial charge >= 0.3 is 0 Å². The van der Waals surface area contributed by atoms with Crippen molar-refractivity contribution in [3.8, 4) is 0 Å². The summed E-state index contributed by atoms with van der Waals surface area (Å²) in [5, 5.41) is 3.65. The zero-order chi connectivity index (χ0) is 20.0. The Morgan fingerprint density at radius 3 is 2.41 bits per heavy atom. The molecule has 2 rings (SSSR count). The molecule has 0 saturated carbocycles. The molecule has 27 heavy (non-hydrogen) atoms. The molecule has 1 unspecified atom stereocenters. The molecule has 6 heteroatoms. The molecule has 2 aromatic rings. The van der Waals surface area contributed by atoms with Crippen LogP contribution in [0.25, 0.3) is 0 Å². The summed E-state index contributed by atoms with van der Waals surface area (Å²) in [6.07, 6.45) is 0.732. The Morgan fingerprint density at radius 2 is 1.81 bits per heavy atom. The fraction of sp³-hybridized carbons (Fsp3) is 0.333. The van der Waals surface area contributed by atoms with E-state index in [4.69, 9.17) is 23.2 Å². The van der Waals surface area contributed by atoms with Gasteiger partial charge in [-0.2, -0.15) is 0 Å². The Morgan fingerprint density at radius 1 is 1.11 bits per heavy atom. The lowest BCUT2D eigenvalue weighted by molar-refractivity contribution is -0.140. The Balaban J connectivity index is 2.34. The highest BCUT2D eigenvalue weighted by Crippen LogP contribution is 2.24. The molecule has 0 heterocycles. The molecule has 2 aromatic carbocycles. The smallest absolute Gasteiger partial charge is 0.242 e. The van der Waals surface area contributed by atoms with E-state index < -0.39 is 6.04 Å². The van der Waals surface area contributed by atoms with Crippen molar-refractivity contribution in [2.45, 2.75) is 39.3 Å². The minimum atomic E-state index is -0.571. The summed E-state index contributed by atoms with van der Waals surface area (Å²) in [5.74, 6) is -0.313.